The van der Waals surface area contributed by atoms with Gasteiger partial charge in [0.05, 0.1) is 6.42 Å². The number of carboxylic acids is 1. The van der Waals surface area contributed by atoms with Crippen molar-refractivity contribution in [2.75, 3.05) is 6.54 Å². The molecule has 0 radical (unpaired) electrons. The van der Waals surface area contributed by atoms with Crippen LogP contribution in [0.5, 0.6) is 0 Å². The fraction of sp³-hybridized carbons (Fsp3) is 0.857. The van der Waals surface area contributed by atoms with E-state index in [1.165, 1.54) is 0 Å². The summed E-state index contributed by atoms with van der Waals surface area (Å²) in [6, 6.07) is 0.193. The van der Waals surface area contributed by atoms with Crippen molar-refractivity contribution in [2.24, 2.45) is 11.7 Å². The Balaban J connectivity index is 4.32. The number of carboxylic acid groups (broad SMARTS) is 1. The van der Waals surface area contributed by atoms with E-state index in [4.69, 9.17) is 10.8 Å². The smallest absolute Gasteiger partial charge is 0.305 e. The first-order valence-electron chi connectivity index (χ1n) is 7.03. The van der Waals surface area contributed by atoms with E-state index in [9.17, 15) is 9.59 Å². The van der Waals surface area contributed by atoms with Crippen LogP contribution >= 0.6 is 0 Å². The van der Waals surface area contributed by atoms with Crippen molar-refractivity contribution in [2.45, 2.75) is 65.5 Å². The number of hydrogen-bond donors (Lipinski definition) is 2. The number of hydrogen-bond acceptors (Lipinski definition) is 3. The van der Waals surface area contributed by atoms with Gasteiger partial charge in [0.15, 0.2) is 0 Å². The van der Waals surface area contributed by atoms with E-state index >= 15 is 0 Å². The molecule has 0 bridgehead atoms. The predicted octanol–water partition coefficient (Wildman–Crippen LogP) is 1.85. The minimum Gasteiger partial charge on any atom is -0.481 e. The van der Waals surface area contributed by atoms with Gasteiger partial charge < -0.3 is 15.7 Å². The standard InChI is InChI=1S/C14H28N2O3/c1-10(2)16(9-8-13(17)18)14(19)11(3)6-5-7-12(4)15/h10-12H,5-9,15H2,1-4H3,(H,17,18). The van der Waals surface area contributed by atoms with E-state index < -0.39 is 5.97 Å². The van der Waals surface area contributed by atoms with Crippen molar-refractivity contribution in [3.63, 3.8) is 0 Å². The summed E-state index contributed by atoms with van der Waals surface area (Å²) in [6.07, 6.45) is 2.64. The van der Waals surface area contributed by atoms with E-state index in [-0.39, 0.29) is 36.9 Å². The molecule has 0 saturated heterocycles. The van der Waals surface area contributed by atoms with Crippen LogP contribution in [-0.2, 0) is 9.59 Å². The lowest BCUT2D eigenvalue weighted by Crippen LogP contribution is -2.41. The molecule has 0 aromatic heterocycles. The van der Waals surface area contributed by atoms with Crippen LogP contribution < -0.4 is 5.73 Å². The lowest BCUT2D eigenvalue weighted by Gasteiger charge is -2.29. The van der Waals surface area contributed by atoms with Crippen LogP contribution in [0.15, 0.2) is 0 Å². The Bertz CT molecular complexity index is 290. The van der Waals surface area contributed by atoms with E-state index in [2.05, 4.69) is 0 Å². The van der Waals surface area contributed by atoms with Gasteiger partial charge in [-0.05, 0) is 33.6 Å². The van der Waals surface area contributed by atoms with Gasteiger partial charge in [0.25, 0.3) is 0 Å². The molecule has 112 valence electrons. The summed E-state index contributed by atoms with van der Waals surface area (Å²) in [5, 5.41) is 8.72. The number of carbonyl (C=O) groups is 2. The summed E-state index contributed by atoms with van der Waals surface area (Å²) in [4.78, 5) is 24.5. The molecular formula is C14H28N2O3. The summed E-state index contributed by atoms with van der Waals surface area (Å²) in [5.41, 5.74) is 5.68. The van der Waals surface area contributed by atoms with Crippen LogP contribution in [0.1, 0.15) is 53.4 Å². The van der Waals surface area contributed by atoms with Gasteiger partial charge in [0.2, 0.25) is 5.91 Å². The summed E-state index contributed by atoms with van der Waals surface area (Å²) in [5.74, 6) is -0.904. The highest BCUT2D eigenvalue weighted by Crippen LogP contribution is 2.14. The molecule has 0 aliphatic heterocycles. The molecule has 2 atom stereocenters. The fourth-order valence-corrected chi connectivity index (χ4v) is 1.99. The number of rotatable bonds is 9. The molecule has 5 nitrogen and oxygen atoms in total. The van der Waals surface area contributed by atoms with Crippen LogP contribution in [0, 0.1) is 5.92 Å². The van der Waals surface area contributed by atoms with Gasteiger partial charge in [-0.2, -0.15) is 0 Å². The molecule has 19 heavy (non-hydrogen) atoms. The molecule has 1 amide bonds. The molecule has 0 spiro atoms. The van der Waals surface area contributed by atoms with Crippen LogP contribution in [-0.4, -0.2) is 40.5 Å². The van der Waals surface area contributed by atoms with Crippen molar-refractivity contribution in [3.05, 3.63) is 0 Å². The molecule has 0 aromatic rings. The summed E-state index contributed by atoms with van der Waals surface area (Å²) in [6.45, 7) is 7.96. The molecule has 3 N–H and O–H groups in total. The van der Waals surface area contributed by atoms with Gasteiger partial charge in [0.1, 0.15) is 0 Å². The Labute approximate surface area is 116 Å². The maximum absolute atomic E-state index is 12.3. The monoisotopic (exact) mass is 272 g/mol. The van der Waals surface area contributed by atoms with Gasteiger partial charge in [0, 0.05) is 24.5 Å². The highest BCUT2D eigenvalue weighted by Gasteiger charge is 2.22. The third-order valence-corrected chi connectivity index (χ3v) is 3.19. The van der Waals surface area contributed by atoms with Crippen LogP contribution in [0.3, 0.4) is 0 Å². The number of aliphatic carboxylic acids is 1. The predicted molar refractivity (Wildman–Crippen MR) is 75.8 cm³/mol. The third kappa shape index (κ3) is 7.82. The lowest BCUT2D eigenvalue weighted by molar-refractivity contribution is -0.140. The SMILES string of the molecule is CC(N)CCCC(C)C(=O)N(CCC(=O)O)C(C)C. The zero-order valence-electron chi connectivity index (χ0n) is 12.6. The first-order valence-corrected chi connectivity index (χ1v) is 7.03. The number of amides is 1. The minimum absolute atomic E-state index is 0.00350. The molecule has 0 saturated carbocycles. The second kappa shape index (κ2) is 8.91. The molecule has 2 unspecified atom stereocenters. The van der Waals surface area contributed by atoms with Crippen molar-refractivity contribution in [1.29, 1.82) is 0 Å². The van der Waals surface area contributed by atoms with Crippen molar-refractivity contribution in [1.82, 2.24) is 4.90 Å². The van der Waals surface area contributed by atoms with Gasteiger partial charge in [-0.1, -0.05) is 13.3 Å². The van der Waals surface area contributed by atoms with Gasteiger partial charge in [-0.3, -0.25) is 9.59 Å². The van der Waals surface area contributed by atoms with E-state index in [0.29, 0.717) is 0 Å². The second-order valence-electron chi connectivity index (χ2n) is 5.58. The number of nitrogens with two attached hydrogens (primary N) is 1. The topological polar surface area (TPSA) is 83.6 Å². The lowest BCUT2D eigenvalue weighted by atomic mass is 10.00. The molecule has 0 aliphatic carbocycles. The Morgan fingerprint density at radius 1 is 1.16 bits per heavy atom. The first kappa shape index (κ1) is 17.9. The Kier molecular flexibility index (Phi) is 8.39. The van der Waals surface area contributed by atoms with E-state index in [1.54, 1.807) is 4.90 Å². The van der Waals surface area contributed by atoms with Crippen molar-refractivity contribution >= 4 is 11.9 Å². The normalized spacial score (nSPS) is 14.2. The third-order valence-electron chi connectivity index (χ3n) is 3.19. The van der Waals surface area contributed by atoms with Gasteiger partial charge in [-0.25, -0.2) is 0 Å². The first-order chi connectivity index (χ1) is 8.75. The highest BCUT2D eigenvalue weighted by molar-refractivity contribution is 5.79. The maximum atomic E-state index is 12.3. The molecule has 5 heteroatoms. The van der Waals surface area contributed by atoms with E-state index in [0.717, 1.165) is 19.3 Å². The zero-order valence-corrected chi connectivity index (χ0v) is 12.6. The Morgan fingerprint density at radius 3 is 2.16 bits per heavy atom. The maximum Gasteiger partial charge on any atom is 0.305 e. The average Bonchev–Trinajstić information content (AvgIpc) is 2.27. The molecule has 0 aliphatic rings. The van der Waals surface area contributed by atoms with Crippen molar-refractivity contribution in [3.8, 4) is 0 Å². The minimum atomic E-state index is -0.872. The molecule has 0 aromatic carbocycles. The second-order valence-corrected chi connectivity index (χ2v) is 5.58. The number of nitrogens with zero attached hydrogens (tertiary/aromatic N) is 1. The Morgan fingerprint density at radius 2 is 1.74 bits per heavy atom. The van der Waals surface area contributed by atoms with Crippen LogP contribution in [0.2, 0.25) is 0 Å². The van der Waals surface area contributed by atoms with Crippen LogP contribution in [0.25, 0.3) is 0 Å². The average molecular weight is 272 g/mol. The molecule has 0 heterocycles. The molecular weight excluding hydrogens is 244 g/mol. The zero-order chi connectivity index (χ0) is 15.0. The largest absolute Gasteiger partial charge is 0.481 e. The summed E-state index contributed by atoms with van der Waals surface area (Å²) in [7, 11) is 0. The van der Waals surface area contributed by atoms with E-state index in [1.807, 2.05) is 27.7 Å². The van der Waals surface area contributed by atoms with Crippen LogP contribution in [0.4, 0.5) is 0 Å². The molecule has 0 fully saturated rings. The molecule has 0 rings (SSSR count). The number of carbonyl (C=O) groups excluding carboxylic acids is 1. The van der Waals surface area contributed by atoms with Crippen molar-refractivity contribution < 1.29 is 14.7 Å². The Hall–Kier alpha value is -1.10. The highest BCUT2D eigenvalue weighted by atomic mass is 16.4. The van der Waals surface area contributed by atoms with Gasteiger partial charge in [-0.15, -0.1) is 0 Å². The summed E-state index contributed by atoms with van der Waals surface area (Å²) < 4.78 is 0. The quantitative estimate of drug-likeness (QED) is 0.671. The van der Waals surface area contributed by atoms with Gasteiger partial charge >= 0.3 is 5.97 Å². The summed E-state index contributed by atoms with van der Waals surface area (Å²) >= 11 is 0. The fourth-order valence-electron chi connectivity index (χ4n) is 1.99.